The molecule has 10 heavy (non-hydrogen) atoms. The van der Waals surface area contributed by atoms with Crippen LogP contribution in [0.2, 0.25) is 0 Å². The van der Waals surface area contributed by atoms with Crippen molar-refractivity contribution in [2.24, 2.45) is 0 Å². The van der Waals surface area contributed by atoms with E-state index < -0.39 is 0 Å². The minimum absolute atomic E-state index is 1.09. The maximum absolute atomic E-state index is 2.16. The van der Waals surface area contributed by atoms with Crippen LogP contribution in [0.1, 0.15) is 20.3 Å². The molecule has 0 fully saturated rings. The van der Waals surface area contributed by atoms with Crippen LogP contribution in [0.15, 0.2) is 30.6 Å². The number of hydrogen-bond donors (Lipinski definition) is 0. The summed E-state index contributed by atoms with van der Waals surface area (Å²) in [6, 6.07) is 4.08. The normalized spacial score (nSPS) is 12.0. The summed E-state index contributed by atoms with van der Waals surface area (Å²) in [6.45, 7) is 4.23. The molecule has 0 saturated carbocycles. The first-order valence-corrected chi connectivity index (χ1v) is 3.67. The Morgan fingerprint density at radius 3 is 2.40 bits per heavy atom. The summed E-state index contributed by atoms with van der Waals surface area (Å²) in [5.41, 5.74) is 1.35. The Hall–Kier alpha value is -0.980. The molecule has 1 rings (SSSR count). The van der Waals surface area contributed by atoms with Crippen molar-refractivity contribution in [3.05, 3.63) is 30.6 Å². The Kier molecular flexibility index (Phi) is 2.32. The van der Waals surface area contributed by atoms with Gasteiger partial charge in [-0.05, 0) is 25.5 Å². The maximum Gasteiger partial charge on any atom is 0.0175 e. The molecule has 1 aromatic rings. The third kappa shape index (κ3) is 1.29. The minimum atomic E-state index is 1.09. The molecular formula is C9H13N. The zero-order chi connectivity index (χ0) is 7.40. The average molecular weight is 135 g/mol. The number of aromatic nitrogens is 1. The first-order chi connectivity index (χ1) is 4.88. The van der Waals surface area contributed by atoms with Crippen LogP contribution < -0.4 is 0 Å². The molecule has 1 heterocycles. The first kappa shape index (κ1) is 7.13. The molecule has 54 valence electrons. The van der Waals surface area contributed by atoms with Gasteiger partial charge in [-0.3, -0.25) is 0 Å². The van der Waals surface area contributed by atoms with Gasteiger partial charge in [0.05, 0.1) is 0 Å². The van der Waals surface area contributed by atoms with E-state index in [1.807, 2.05) is 12.1 Å². The van der Waals surface area contributed by atoms with Gasteiger partial charge in [0.1, 0.15) is 0 Å². The van der Waals surface area contributed by atoms with E-state index in [2.05, 4.69) is 36.9 Å². The summed E-state index contributed by atoms with van der Waals surface area (Å²) in [5, 5.41) is 0. The summed E-state index contributed by atoms with van der Waals surface area (Å²) in [7, 11) is 0. The number of rotatable bonds is 2. The van der Waals surface area contributed by atoms with Crippen molar-refractivity contribution < 1.29 is 0 Å². The van der Waals surface area contributed by atoms with Crippen LogP contribution in [0.25, 0.3) is 5.70 Å². The number of nitrogens with zero attached hydrogens (tertiary/aromatic N) is 1. The van der Waals surface area contributed by atoms with E-state index >= 15 is 0 Å². The van der Waals surface area contributed by atoms with Gasteiger partial charge in [-0.25, -0.2) is 0 Å². The van der Waals surface area contributed by atoms with Crippen molar-refractivity contribution in [2.45, 2.75) is 20.3 Å². The van der Waals surface area contributed by atoms with E-state index in [-0.39, 0.29) is 0 Å². The predicted molar refractivity (Wildman–Crippen MR) is 44.7 cm³/mol. The predicted octanol–water partition coefficient (Wildman–Crippen LogP) is 2.76. The Morgan fingerprint density at radius 1 is 1.40 bits per heavy atom. The van der Waals surface area contributed by atoms with Crippen molar-refractivity contribution in [2.75, 3.05) is 0 Å². The number of hydrogen-bond acceptors (Lipinski definition) is 0. The fraction of sp³-hybridized carbons (Fsp3) is 0.333. The summed E-state index contributed by atoms with van der Waals surface area (Å²) in [6.07, 6.45) is 7.36. The molecule has 0 saturated heterocycles. The molecule has 0 aliphatic heterocycles. The van der Waals surface area contributed by atoms with Crippen LogP contribution in [0, 0.1) is 0 Å². The maximum atomic E-state index is 2.16. The molecule has 1 heteroatoms. The van der Waals surface area contributed by atoms with E-state index in [0.717, 1.165) is 6.42 Å². The monoisotopic (exact) mass is 135 g/mol. The molecular weight excluding hydrogens is 122 g/mol. The standard InChI is InChI=1S/C9H13N/c1-3-9(4-2)10-7-5-6-8-10/h3,5-8H,4H2,1-2H3. The molecule has 0 aliphatic carbocycles. The fourth-order valence-corrected chi connectivity index (χ4v) is 1.06. The second-order valence-electron chi connectivity index (χ2n) is 2.22. The molecule has 0 amide bonds. The number of allylic oxidation sites excluding steroid dienone is 2. The minimum Gasteiger partial charge on any atom is -0.328 e. The highest BCUT2D eigenvalue weighted by Gasteiger charge is 1.91. The third-order valence-electron chi connectivity index (χ3n) is 1.63. The quantitative estimate of drug-likeness (QED) is 0.587. The van der Waals surface area contributed by atoms with Crippen molar-refractivity contribution in [3.8, 4) is 0 Å². The molecule has 1 nitrogen and oxygen atoms in total. The Bertz CT molecular complexity index is 207. The van der Waals surface area contributed by atoms with Gasteiger partial charge < -0.3 is 4.57 Å². The van der Waals surface area contributed by atoms with Crippen molar-refractivity contribution in [1.29, 1.82) is 0 Å². The topological polar surface area (TPSA) is 4.93 Å². The van der Waals surface area contributed by atoms with Crippen molar-refractivity contribution in [3.63, 3.8) is 0 Å². The largest absolute Gasteiger partial charge is 0.328 e. The lowest BCUT2D eigenvalue weighted by Gasteiger charge is -2.03. The highest BCUT2D eigenvalue weighted by Crippen LogP contribution is 2.07. The zero-order valence-electron chi connectivity index (χ0n) is 6.54. The summed E-state index contributed by atoms with van der Waals surface area (Å²) < 4.78 is 2.14. The van der Waals surface area contributed by atoms with Gasteiger partial charge in [0.15, 0.2) is 0 Å². The molecule has 0 aliphatic rings. The fourth-order valence-electron chi connectivity index (χ4n) is 1.06. The Labute approximate surface area is 62.0 Å². The zero-order valence-corrected chi connectivity index (χ0v) is 6.54. The molecule has 0 bridgehead atoms. The lowest BCUT2D eigenvalue weighted by Crippen LogP contribution is -1.89. The van der Waals surface area contributed by atoms with E-state index in [9.17, 15) is 0 Å². The van der Waals surface area contributed by atoms with Gasteiger partial charge in [-0.2, -0.15) is 0 Å². The molecule has 0 aromatic carbocycles. The summed E-state index contributed by atoms with van der Waals surface area (Å²) in [4.78, 5) is 0. The third-order valence-corrected chi connectivity index (χ3v) is 1.63. The molecule has 0 radical (unpaired) electrons. The van der Waals surface area contributed by atoms with Gasteiger partial charge in [-0.15, -0.1) is 0 Å². The van der Waals surface area contributed by atoms with Crippen LogP contribution in [0.3, 0.4) is 0 Å². The molecule has 0 unspecified atom stereocenters. The van der Waals surface area contributed by atoms with Crippen molar-refractivity contribution >= 4 is 5.70 Å². The first-order valence-electron chi connectivity index (χ1n) is 3.67. The van der Waals surface area contributed by atoms with Gasteiger partial charge in [0.2, 0.25) is 0 Å². The highest BCUT2D eigenvalue weighted by molar-refractivity contribution is 5.43. The average Bonchev–Trinajstić information content (AvgIpc) is 2.43. The van der Waals surface area contributed by atoms with Crippen LogP contribution >= 0.6 is 0 Å². The van der Waals surface area contributed by atoms with Gasteiger partial charge in [-0.1, -0.05) is 13.0 Å². The van der Waals surface area contributed by atoms with Gasteiger partial charge in [0, 0.05) is 18.1 Å². The van der Waals surface area contributed by atoms with Gasteiger partial charge in [0.25, 0.3) is 0 Å². The molecule has 0 spiro atoms. The van der Waals surface area contributed by atoms with Crippen LogP contribution in [0.4, 0.5) is 0 Å². The SMILES string of the molecule is CC=C(CC)n1cccc1. The molecule has 0 atom stereocenters. The van der Waals surface area contributed by atoms with E-state index in [4.69, 9.17) is 0 Å². The molecule has 0 N–H and O–H groups in total. The van der Waals surface area contributed by atoms with Gasteiger partial charge >= 0.3 is 0 Å². The smallest absolute Gasteiger partial charge is 0.0175 e. The second kappa shape index (κ2) is 3.25. The van der Waals surface area contributed by atoms with Crippen LogP contribution in [-0.4, -0.2) is 4.57 Å². The van der Waals surface area contributed by atoms with E-state index in [1.165, 1.54) is 5.70 Å². The Balaban J connectivity index is 2.85. The molecule has 1 aromatic heterocycles. The highest BCUT2D eigenvalue weighted by atomic mass is 14.9. The van der Waals surface area contributed by atoms with Crippen molar-refractivity contribution in [1.82, 2.24) is 4.57 Å². The Morgan fingerprint density at radius 2 is 2.00 bits per heavy atom. The van der Waals surface area contributed by atoms with E-state index in [0.29, 0.717) is 0 Å². The summed E-state index contributed by atoms with van der Waals surface area (Å²) >= 11 is 0. The lowest BCUT2D eigenvalue weighted by molar-refractivity contribution is 1.02. The summed E-state index contributed by atoms with van der Waals surface area (Å²) in [5.74, 6) is 0. The second-order valence-corrected chi connectivity index (χ2v) is 2.22. The van der Waals surface area contributed by atoms with Crippen LogP contribution in [0.5, 0.6) is 0 Å². The van der Waals surface area contributed by atoms with E-state index in [1.54, 1.807) is 0 Å². The van der Waals surface area contributed by atoms with Crippen LogP contribution in [-0.2, 0) is 0 Å². The lowest BCUT2D eigenvalue weighted by atomic mass is 10.3.